The molecule has 0 saturated carbocycles. The molecule has 106 valence electrons. The Kier molecular flexibility index (Phi) is 4.71. The number of piperazine rings is 1. The lowest BCUT2D eigenvalue weighted by Crippen LogP contribution is -2.53. The second-order valence-electron chi connectivity index (χ2n) is 5.56. The molecule has 2 rings (SSSR count). The molecule has 19 heavy (non-hydrogen) atoms. The van der Waals surface area contributed by atoms with Crippen molar-refractivity contribution in [2.75, 3.05) is 33.8 Å². The van der Waals surface area contributed by atoms with Crippen LogP contribution in [0.4, 0.5) is 0 Å². The molecule has 0 radical (unpaired) electrons. The van der Waals surface area contributed by atoms with Gasteiger partial charge in [-0.3, -0.25) is 9.88 Å². The Morgan fingerprint density at radius 1 is 1.32 bits per heavy atom. The second-order valence-corrected chi connectivity index (χ2v) is 5.56. The first kappa shape index (κ1) is 14.2. The Labute approximate surface area is 115 Å². The van der Waals surface area contributed by atoms with Gasteiger partial charge in [-0.15, -0.1) is 0 Å². The highest BCUT2D eigenvalue weighted by molar-refractivity contribution is 5.17. The topological polar surface area (TPSA) is 41.5 Å². The van der Waals surface area contributed by atoms with Crippen LogP contribution in [-0.2, 0) is 6.54 Å². The van der Waals surface area contributed by atoms with Crippen LogP contribution in [0, 0.1) is 5.92 Å². The molecule has 5 heteroatoms. The summed E-state index contributed by atoms with van der Waals surface area (Å²) in [4.78, 5) is 13.5. The molecule has 1 atom stereocenters. The van der Waals surface area contributed by atoms with Gasteiger partial charge in [0.2, 0.25) is 5.88 Å². The zero-order valence-electron chi connectivity index (χ0n) is 12.3. The zero-order chi connectivity index (χ0) is 13.8. The van der Waals surface area contributed by atoms with Crippen molar-refractivity contribution in [3.05, 3.63) is 18.1 Å². The van der Waals surface area contributed by atoms with E-state index in [0.717, 1.165) is 31.9 Å². The fraction of sp³-hybridized carbons (Fsp3) is 0.714. The minimum Gasteiger partial charge on any atom is -0.480 e. The molecule has 0 N–H and O–H groups in total. The van der Waals surface area contributed by atoms with E-state index in [9.17, 15) is 0 Å². The third kappa shape index (κ3) is 3.42. The molecule has 2 heterocycles. The van der Waals surface area contributed by atoms with Gasteiger partial charge in [0.15, 0.2) is 0 Å². The van der Waals surface area contributed by atoms with E-state index in [0.29, 0.717) is 17.8 Å². The maximum Gasteiger partial charge on any atom is 0.236 e. The zero-order valence-corrected chi connectivity index (χ0v) is 12.3. The summed E-state index contributed by atoms with van der Waals surface area (Å²) in [5.41, 5.74) is 0.931. The molecule has 0 amide bonds. The van der Waals surface area contributed by atoms with Gasteiger partial charge < -0.3 is 9.64 Å². The average molecular weight is 264 g/mol. The molecular weight excluding hydrogens is 240 g/mol. The SMILES string of the molecule is COc1nccnc1CN1CCN(C)CC1C(C)C. The predicted octanol–water partition coefficient (Wildman–Crippen LogP) is 1.26. The largest absolute Gasteiger partial charge is 0.480 e. The van der Waals surface area contributed by atoms with Gasteiger partial charge in [0.25, 0.3) is 0 Å². The molecule has 5 nitrogen and oxygen atoms in total. The summed E-state index contributed by atoms with van der Waals surface area (Å²) in [6, 6.07) is 0.561. The van der Waals surface area contributed by atoms with Crippen molar-refractivity contribution in [1.29, 1.82) is 0 Å². The summed E-state index contributed by atoms with van der Waals surface area (Å²) in [6.07, 6.45) is 3.41. The van der Waals surface area contributed by atoms with E-state index in [1.165, 1.54) is 0 Å². The van der Waals surface area contributed by atoms with Crippen molar-refractivity contribution in [2.24, 2.45) is 5.92 Å². The molecule has 0 aliphatic carbocycles. The number of aromatic nitrogens is 2. The van der Waals surface area contributed by atoms with E-state index in [1.807, 2.05) is 0 Å². The number of hydrogen-bond donors (Lipinski definition) is 0. The first-order valence-corrected chi connectivity index (χ1v) is 6.88. The van der Waals surface area contributed by atoms with Crippen LogP contribution >= 0.6 is 0 Å². The first-order valence-electron chi connectivity index (χ1n) is 6.88. The van der Waals surface area contributed by atoms with E-state index in [-0.39, 0.29) is 0 Å². The van der Waals surface area contributed by atoms with Crippen molar-refractivity contribution in [3.8, 4) is 5.88 Å². The number of likely N-dealkylation sites (N-methyl/N-ethyl adjacent to an activating group) is 1. The summed E-state index contributed by atoms with van der Waals surface area (Å²) >= 11 is 0. The van der Waals surface area contributed by atoms with Crippen molar-refractivity contribution in [2.45, 2.75) is 26.4 Å². The molecular formula is C14H24N4O. The van der Waals surface area contributed by atoms with E-state index in [2.05, 4.69) is 40.7 Å². The minimum absolute atomic E-state index is 0.561. The summed E-state index contributed by atoms with van der Waals surface area (Å²) in [6.45, 7) is 8.66. The van der Waals surface area contributed by atoms with Gasteiger partial charge >= 0.3 is 0 Å². The molecule has 1 aliphatic rings. The third-order valence-electron chi connectivity index (χ3n) is 3.79. The van der Waals surface area contributed by atoms with Gasteiger partial charge in [-0.05, 0) is 13.0 Å². The van der Waals surface area contributed by atoms with E-state index >= 15 is 0 Å². The van der Waals surface area contributed by atoms with Gasteiger partial charge in [-0.25, -0.2) is 4.98 Å². The summed E-state index contributed by atoms with van der Waals surface area (Å²) in [5.74, 6) is 1.27. The maximum absolute atomic E-state index is 5.29. The Morgan fingerprint density at radius 2 is 2.05 bits per heavy atom. The quantitative estimate of drug-likeness (QED) is 0.819. The number of ether oxygens (including phenoxy) is 1. The van der Waals surface area contributed by atoms with Crippen LogP contribution in [0.2, 0.25) is 0 Å². The molecule has 1 aromatic rings. The molecule has 1 unspecified atom stereocenters. The van der Waals surface area contributed by atoms with Gasteiger partial charge in [0, 0.05) is 44.6 Å². The number of hydrogen-bond acceptors (Lipinski definition) is 5. The van der Waals surface area contributed by atoms with Crippen LogP contribution < -0.4 is 4.74 Å². The second kappa shape index (κ2) is 6.30. The first-order chi connectivity index (χ1) is 9.11. The van der Waals surface area contributed by atoms with Crippen LogP contribution in [0.15, 0.2) is 12.4 Å². The normalized spacial score (nSPS) is 21.8. The lowest BCUT2D eigenvalue weighted by Gasteiger charge is -2.42. The lowest BCUT2D eigenvalue weighted by atomic mass is 9.99. The smallest absolute Gasteiger partial charge is 0.236 e. The molecule has 1 saturated heterocycles. The van der Waals surface area contributed by atoms with Crippen LogP contribution in [0.1, 0.15) is 19.5 Å². The summed E-state index contributed by atoms with van der Waals surface area (Å²) in [7, 11) is 3.84. The predicted molar refractivity (Wildman–Crippen MR) is 75.1 cm³/mol. The average Bonchev–Trinajstić information content (AvgIpc) is 2.41. The van der Waals surface area contributed by atoms with Crippen LogP contribution in [0.5, 0.6) is 5.88 Å². The summed E-state index contributed by atoms with van der Waals surface area (Å²) in [5, 5.41) is 0. The monoisotopic (exact) mass is 264 g/mol. The van der Waals surface area contributed by atoms with Crippen molar-refractivity contribution < 1.29 is 4.74 Å². The third-order valence-corrected chi connectivity index (χ3v) is 3.79. The van der Waals surface area contributed by atoms with Crippen molar-refractivity contribution >= 4 is 0 Å². The molecule has 1 aromatic heterocycles. The number of methoxy groups -OCH3 is 1. The van der Waals surface area contributed by atoms with Gasteiger partial charge in [0.05, 0.1) is 7.11 Å². The molecule has 0 spiro atoms. The lowest BCUT2D eigenvalue weighted by molar-refractivity contribution is 0.0553. The summed E-state index contributed by atoms with van der Waals surface area (Å²) < 4.78 is 5.29. The minimum atomic E-state index is 0.561. The Balaban J connectivity index is 2.12. The van der Waals surface area contributed by atoms with E-state index in [4.69, 9.17) is 4.74 Å². The van der Waals surface area contributed by atoms with Crippen LogP contribution in [-0.4, -0.2) is 59.6 Å². The highest BCUT2D eigenvalue weighted by Gasteiger charge is 2.28. The molecule has 1 fully saturated rings. The van der Waals surface area contributed by atoms with Crippen molar-refractivity contribution in [3.63, 3.8) is 0 Å². The standard InChI is InChI=1S/C14H24N4O/c1-11(2)13-10-17(3)7-8-18(13)9-12-14(19-4)16-6-5-15-12/h5-6,11,13H,7-10H2,1-4H3. The number of rotatable bonds is 4. The highest BCUT2D eigenvalue weighted by atomic mass is 16.5. The fourth-order valence-electron chi connectivity index (χ4n) is 2.65. The van der Waals surface area contributed by atoms with Crippen LogP contribution in [0.3, 0.4) is 0 Å². The Hall–Kier alpha value is -1.20. The van der Waals surface area contributed by atoms with Gasteiger partial charge in [-0.2, -0.15) is 0 Å². The fourth-order valence-corrected chi connectivity index (χ4v) is 2.65. The molecule has 0 aromatic carbocycles. The van der Waals surface area contributed by atoms with Crippen LogP contribution in [0.25, 0.3) is 0 Å². The molecule has 0 bridgehead atoms. The van der Waals surface area contributed by atoms with E-state index in [1.54, 1.807) is 19.5 Å². The number of nitrogens with zero attached hydrogens (tertiary/aromatic N) is 4. The van der Waals surface area contributed by atoms with Gasteiger partial charge in [0.1, 0.15) is 5.69 Å². The van der Waals surface area contributed by atoms with E-state index < -0.39 is 0 Å². The molecule has 1 aliphatic heterocycles. The highest BCUT2D eigenvalue weighted by Crippen LogP contribution is 2.21. The maximum atomic E-state index is 5.29. The Morgan fingerprint density at radius 3 is 2.74 bits per heavy atom. The van der Waals surface area contributed by atoms with Crippen molar-refractivity contribution in [1.82, 2.24) is 19.8 Å². The van der Waals surface area contributed by atoms with Gasteiger partial charge in [-0.1, -0.05) is 13.8 Å². The Bertz CT molecular complexity index is 410.